The number of nitrogens with one attached hydrogen (secondary N) is 2. The summed E-state index contributed by atoms with van der Waals surface area (Å²) in [6.45, 7) is 6.90. The number of ether oxygens (including phenoxy) is 2. The number of rotatable bonds is 7. The second-order valence-electron chi connectivity index (χ2n) is 5.00. The van der Waals surface area contributed by atoms with Crippen molar-refractivity contribution in [1.82, 2.24) is 9.97 Å². The van der Waals surface area contributed by atoms with E-state index in [1.807, 2.05) is 20.0 Å². The van der Waals surface area contributed by atoms with Gasteiger partial charge in [-0.15, -0.1) is 0 Å². The summed E-state index contributed by atoms with van der Waals surface area (Å²) in [6, 6.07) is 2.25. The molecule has 6 nitrogen and oxygen atoms in total. The Morgan fingerprint density at radius 2 is 2.25 bits per heavy atom. The molecule has 0 bridgehead atoms. The third-order valence-electron chi connectivity index (χ3n) is 3.51. The summed E-state index contributed by atoms with van der Waals surface area (Å²) in [7, 11) is 1.85. The highest BCUT2D eigenvalue weighted by Gasteiger charge is 2.22. The van der Waals surface area contributed by atoms with E-state index in [1.165, 1.54) is 0 Å². The molecule has 0 spiro atoms. The molecule has 0 aromatic carbocycles. The van der Waals surface area contributed by atoms with Crippen molar-refractivity contribution in [1.29, 1.82) is 0 Å². The first-order valence-electron chi connectivity index (χ1n) is 7.20. The van der Waals surface area contributed by atoms with Crippen LogP contribution >= 0.6 is 0 Å². The minimum atomic E-state index is 0.331. The summed E-state index contributed by atoms with van der Waals surface area (Å²) in [5, 5.41) is 6.50. The van der Waals surface area contributed by atoms with Crippen LogP contribution < -0.4 is 10.6 Å². The molecule has 2 unspecified atom stereocenters. The van der Waals surface area contributed by atoms with Gasteiger partial charge in [-0.25, -0.2) is 9.97 Å². The lowest BCUT2D eigenvalue weighted by atomic mass is 10.0. The Morgan fingerprint density at radius 1 is 1.45 bits per heavy atom. The summed E-state index contributed by atoms with van der Waals surface area (Å²) in [5.41, 5.74) is 0. The zero-order chi connectivity index (χ0) is 14.4. The molecule has 1 saturated heterocycles. The minimum Gasteiger partial charge on any atom is -0.381 e. The predicted octanol–water partition coefficient (Wildman–Crippen LogP) is 1.89. The van der Waals surface area contributed by atoms with Crippen LogP contribution in [-0.4, -0.2) is 42.9 Å². The van der Waals surface area contributed by atoms with E-state index in [1.54, 1.807) is 0 Å². The van der Waals surface area contributed by atoms with Crippen molar-refractivity contribution < 1.29 is 9.47 Å². The number of nitrogens with zero attached hydrogens (tertiary/aromatic N) is 2. The molecule has 1 fully saturated rings. The molecule has 0 radical (unpaired) electrons. The van der Waals surface area contributed by atoms with Gasteiger partial charge in [0.05, 0.1) is 6.61 Å². The Bertz CT molecular complexity index is 422. The summed E-state index contributed by atoms with van der Waals surface area (Å²) in [4.78, 5) is 8.88. The average molecular weight is 280 g/mol. The smallest absolute Gasteiger partial charge is 0.158 e. The zero-order valence-electron chi connectivity index (χ0n) is 12.5. The molecule has 1 aromatic rings. The number of anilines is 2. The molecule has 0 saturated carbocycles. The van der Waals surface area contributed by atoms with Gasteiger partial charge < -0.3 is 20.1 Å². The monoisotopic (exact) mass is 280 g/mol. The van der Waals surface area contributed by atoms with E-state index >= 15 is 0 Å². The van der Waals surface area contributed by atoms with Crippen LogP contribution in [-0.2, 0) is 16.1 Å². The van der Waals surface area contributed by atoms with Gasteiger partial charge in [-0.05, 0) is 20.3 Å². The molecule has 20 heavy (non-hydrogen) atoms. The highest BCUT2D eigenvalue weighted by atomic mass is 16.5. The molecule has 0 amide bonds. The van der Waals surface area contributed by atoms with Crippen molar-refractivity contribution in [3.63, 3.8) is 0 Å². The maximum absolute atomic E-state index is 5.43. The van der Waals surface area contributed by atoms with Gasteiger partial charge >= 0.3 is 0 Å². The fourth-order valence-corrected chi connectivity index (χ4v) is 2.26. The van der Waals surface area contributed by atoms with Crippen LogP contribution in [0.15, 0.2) is 6.07 Å². The number of hydrogen-bond acceptors (Lipinski definition) is 6. The highest BCUT2D eigenvalue weighted by molar-refractivity contribution is 5.47. The summed E-state index contributed by atoms with van der Waals surface area (Å²) in [5.74, 6) is 2.86. The second-order valence-corrected chi connectivity index (χ2v) is 5.00. The van der Waals surface area contributed by atoms with Gasteiger partial charge in [-0.1, -0.05) is 0 Å². The predicted molar refractivity (Wildman–Crippen MR) is 78.9 cm³/mol. The van der Waals surface area contributed by atoms with Crippen LogP contribution in [0.3, 0.4) is 0 Å². The first kappa shape index (κ1) is 15.0. The Labute approximate surface area is 120 Å². The maximum atomic E-state index is 5.43. The van der Waals surface area contributed by atoms with E-state index < -0.39 is 0 Å². The van der Waals surface area contributed by atoms with Gasteiger partial charge in [0.1, 0.15) is 18.2 Å². The molecule has 2 heterocycles. The van der Waals surface area contributed by atoms with Crippen molar-refractivity contribution in [3.8, 4) is 0 Å². The van der Waals surface area contributed by atoms with Gasteiger partial charge in [0.25, 0.3) is 0 Å². The van der Waals surface area contributed by atoms with E-state index in [2.05, 4.69) is 27.5 Å². The number of hydrogen-bond donors (Lipinski definition) is 2. The Morgan fingerprint density at radius 3 is 2.90 bits per heavy atom. The van der Waals surface area contributed by atoms with Crippen molar-refractivity contribution in [2.24, 2.45) is 5.92 Å². The van der Waals surface area contributed by atoms with Gasteiger partial charge in [0.15, 0.2) is 5.82 Å². The van der Waals surface area contributed by atoms with E-state index in [4.69, 9.17) is 9.47 Å². The largest absolute Gasteiger partial charge is 0.381 e. The molecular formula is C14H24N4O2. The molecule has 0 aliphatic carbocycles. The van der Waals surface area contributed by atoms with Crippen LogP contribution in [0, 0.1) is 5.92 Å². The fourth-order valence-electron chi connectivity index (χ4n) is 2.26. The molecule has 2 atom stereocenters. The fraction of sp³-hybridized carbons (Fsp3) is 0.714. The van der Waals surface area contributed by atoms with E-state index in [0.29, 0.717) is 31.0 Å². The van der Waals surface area contributed by atoms with E-state index in [9.17, 15) is 0 Å². The average Bonchev–Trinajstić information content (AvgIpc) is 2.99. The second kappa shape index (κ2) is 7.40. The molecule has 1 aromatic heterocycles. The van der Waals surface area contributed by atoms with Crippen LogP contribution in [0.25, 0.3) is 0 Å². The Kier molecular flexibility index (Phi) is 5.55. The van der Waals surface area contributed by atoms with Gasteiger partial charge in [0, 0.05) is 38.3 Å². The lowest BCUT2D eigenvalue weighted by Gasteiger charge is -2.20. The van der Waals surface area contributed by atoms with Gasteiger partial charge in [0.2, 0.25) is 0 Å². The highest BCUT2D eigenvalue weighted by Crippen LogP contribution is 2.20. The number of aromatic nitrogens is 2. The molecule has 2 N–H and O–H groups in total. The van der Waals surface area contributed by atoms with Gasteiger partial charge in [-0.2, -0.15) is 0 Å². The van der Waals surface area contributed by atoms with Gasteiger partial charge in [-0.3, -0.25) is 0 Å². The normalized spacial score (nSPS) is 19.9. The maximum Gasteiger partial charge on any atom is 0.158 e. The summed E-state index contributed by atoms with van der Waals surface area (Å²) >= 11 is 0. The Balaban J connectivity index is 2.04. The Hall–Kier alpha value is -1.40. The third kappa shape index (κ3) is 4.05. The van der Waals surface area contributed by atoms with Crippen molar-refractivity contribution in [2.75, 3.05) is 37.5 Å². The van der Waals surface area contributed by atoms with Crippen molar-refractivity contribution in [2.45, 2.75) is 32.9 Å². The molecule has 1 aliphatic heterocycles. The molecule has 112 valence electrons. The molecule has 6 heteroatoms. The lowest BCUT2D eigenvalue weighted by Crippen LogP contribution is -2.27. The van der Waals surface area contributed by atoms with Crippen molar-refractivity contribution in [3.05, 3.63) is 11.9 Å². The van der Waals surface area contributed by atoms with Crippen LogP contribution in [0.1, 0.15) is 26.1 Å². The lowest BCUT2D eigenvalue weighted by molar-refractivity contribution is 0.128. The van der Waals surface area contributed by atoms with Crippen LogP contribution in [0.5, 0.6) is 0 Å². The molecular weight excluding hydrogens is 256 g/mol. The first-order valence-corrected chi connectivity index (χ1v) is 7.20. The minimum absolute atomic E-state index is 0.331. The van der Waals surface area contributed by atoms with Crippen LogP contribution in [0.2, 0.25) is 0 Å². The molecule has 1 aliphatic rings. The first-order chi connectivity index (χ1) is 9.72. The summed E-state index contributed by atoms with van der Waals surface area (Å²) < 4.78 is 10.8. The standard InChI is InChI=1S/C14H24N4O2/c1-4-19-9-14-17-12(15-3)7-13(18-14)16-10(2)11-5-6-20-8-11/h7,10-11H,4-6,8-9H2,1-3H3,(H2,15,16,17,18). The van der Waals surface area contributed by atoms with Crippen molar-refractivity contribution >= 4 is 11.6 Å². The topological polar surface area (TPSA) is 68.3 Å². The van der Waals surface area contributed by atoms with Crippen LogP contribution in [0.4, 0.5) is 11.6 Å². The van der Waals surface area contributed by atoms with E-state index in [0.717, 1.165) is 31.3 Å². The molecule has 2 rings (SSSR count). The SMILES string of the molecule is CCOCc1nc(NC)cc(NC(C)C2CCOC2)n1. The van der Waals surface area contributed by atoms with E-state index in [-0.39, 0.29) is 0 Å². The third-order valence-corrected chi connectivity index (χ3v) is 3.51. The zero-order valence-corrected chi connectivity index (χ0v) is 12.5. The quantitative estimate of drug-likeness (QED) is 0.795. The summed E-state index contributed by atoms with van der Waals surface area (Å²) in [6.07, 6.45) is 1.10.